The van der Waals surface area contributed by atoms with Crippen molar-refractivity contribution in [2.24, 2.45) is 5.92 Å². The fourth-order valence-electron chi connectivity index (χ4n) is 2.45. The van der Waals surface area contributed by atoms with Gasteiger partial charge in [-0.3, -0.25) is 9.59 Å². The summed E-state index contributed by atoms with van der Waals surface area (Å²) in [5.41, 5.74) is 0. The zero-order valence-corrected chi connectivity index (χ0v) is 13.1. The Bertz CT molecular complexity index is 509. The van der Waals surface area contributed by atoms with Gasteiger partial charge in [-0.1, -0.05) is 6.92 Å². The van der Waals surface area contributed by atoms with Crippen molar-refractivity contribution in [1.29, 1.82) is 0 Å². The molecular weight excluding hydrogens is 284 g/mol. The van der Waals surface area contributed by atoms with Crippen molar-refractivity contribution in [2.45, 2.75) is 19.8 Å². The number of likely N-dealkylation sites (N-methyl/N-ethyl adjacent to an activating group) is 1. The van der Waals surface area contributed by atoms with Crippen LogP contribution in [0.5, 0.6) is 0 Å². The average Bonchev–Trinajstić information content (AvgIpc) is 2.53. The summed E-state index contributed by atoms with van der Waals surface area (Å²) in [4.78, 5) is 35.2. The molecule has 0 aliphatic carbocycles. The lowest BCUT2D eigenvalue weighted by molar-refractivity contribution is -0.151. The molecule has 1 amide bonds. The van der Waals surface area contributed by atoms with E-state index in [1.54, 1.807) is 35.3 Å². The molecule has 0 bridgehead atoms. The van der Waals surface area contributed by atoms with Crippen LogP contribution in [0.1, 0.15) is 19.8 Å². The Hall–Kier alpha value is -2.18. The molecule has 1 aliphatic rings. The van der Waals surface area contributed by atoms with Gasteiger partial charge in [0, 0.05) is 32.5 Å². The number of carbonyl (C=O) groups excluding carboxylic acids is 2. The van der Waals surface area contributed by atoms with Crippen LogP contribution in [0.25, 0.3) is 0 Å². The Kier molecular flexibility index (Phi) is 5.68. The normalized spacial score (nSPS) is 17.9. The summed E-state index contributed by atoms with van der Waals surface area (Å²) in [6.45, 7) is 3.43. The Morgan fingerprint density at radius 3 is 2.82 bits per heavy atom. The molecule has 0 aromatic carbocycles. The third kappa shape index (κ3) is 4.68. The van der Waals surface area contributed by atoms with E-state index in [1.165, 1.54) is 0 Å². The van der Waals surface area contributed by atoms with E-state index in [2.05, 4.69) is 16.9 Å². The van der Waals surface area contributed by atoms with Gasteiger partial charge in [-0.05, 0) is 24.8 Å². The monoisotopic (exact) mass is 306 g/mol. The van der Waals surface area contributed by atoms with E-state index < -0.39 is 5.97 Å². The van der Waals surface area contributed by atoms with Crippen molar-refractivity contribution in [3.8, 4) is 0 Å². The van der Waals surface area contributed by atoms with Crippen LogP contribution in [0.15, 0.2) is 18.5 Å². The Morgan fingerprint density at radius 1 is 1.41 bits per heavy atom. The van der Waals surface area contributed by atoms with Crippen molar-refractivity contribution >= 4 is 17.8 Å². The Morgan fingerprint density at radius 2 is 2.14 bits per heavy atom. The number of hydrogen-bond donors (Lipinski definition) is 0. The number of aromatic nitrogens is 2. The fraction of sp³-hybridized carbons (Fsp3) is 0.600. The molecule has 1 aromatic heterocycles. The fourth-order valence-corrected chi connectivity index (χ4v) is 2.45. The van der Waals surface area contributed by atoms with Crippen LogP contribution < -0.4 is 4.90 Å². The molecule has 7 heteroatoms. The summed E-state index contributed by atoms with van der Waals surface area (Å²) >= 11 is 0. The number of carbonyl (C=O) groups is 2. The summed E-state index contributed by atoms with van der Waals surface area (Å²) in [5, 5.41) is 0. The van der Waals surface area contributed by atoms with Gasteiger partial charge >= 0.3 is 5.97 Å². The Balaban J connectivity index is 1.74. The lowest BCUT2D eigenvalue weighted by atomic mass is 10.0. The van der Waals surface area contributed by atoms with Crippen LogP contribution in [0, 0.1) is 5.92 Å². The lowest BCUT2D eigenvalue weighted by Crippen LogP contribution is -2.41. The molecule has 1 fully saturated rings. The highest BCUT2D eigenvalue weighted by molar-refractivity contribution is 5.82. The highest BCUT2D eigenvalue weighted by atomic mass is 16.5. The minimum Gasteiger partial charge on any atom is -0.454 e. The first-order valence-corrected chi connectivity index (χ1v) is 7.48. The first-order valence-electron chi connectivity index (χ1n) is 7.48. The molecule has 1 aromatic rings. The van der Waals surface area contributed by atoms with Crippen LogP contribution >= 0.6 is 0 Å². The van der Waals surface area contributed by atoms with E-state index in [9.17, 15) is 9.59 Å². The van der Waals surface area contributed by atoms with Gasteiger partial charge in [0.1, 0.15) is 6.54 Å². The lowest BCUT2D eigenvalue weighted by Gasteiger charge is -2.30. The van der Waals surface area contributed by atoms with E-state index >= 15 is 0 Å². The molecule has 22 heavy (non-hydrogen) atoms. The van der Waals surface area contributed by atoms with Gasteiger partial charge in [0.15, 0.2) is 6.61 Å². The maximum atomic E-state index is 12.0. The maximum absolute atomic E-state index is 12.0. The first kappa shape index (κ1) is 16.2. The minimum atomic E-state index is -0.464. The average molecular weight is 306 g/mol. The second kappa shape index (κ2) is 7.72. The highest BCUT2D eigenvalue weighted by Crippen LogP contribution is 2.15. The van der Waals surface area contributed by atoms with Crippen molar-refractivity contribution in [2.75, 3.05) is 38.2 Å². The highest BCUT2D eigenvalue weighted by Gasteiger charge is 2.22. The molecule has 2 rings (SSSR count). The number of ether oxygens (including phenoxy) is 1. The maximum Gasteiger partial charge on any atom is 0.326 e. The van der Waals surface area contributed by atoms with Gasteiger partial charge in [-0.15, -0.1) is 0 Å². The predicted molar refractivity (Wildman–Crippen MR) is 81.2 cm³/mol. The van der Waals surface area contributed by atoms with Crippen molar-refractivity contribution in [3.63, 3.8) is 0 Å². The third-order valence-corrected chi connectivity index (χ3v) is 3.63. The van der Waals surface area contributed by atoms with E-state index in [0.717, 1.165) is 25.9 Å². The van der Waals surface area contributed by atoms with E-state index in [0.29, 0.717) is 11.9 Å². The number of hydrogen-bond acceptors (Lipinski definition) is 6. The molecular formula is C15H22N4O3. The predicted octanol–water partition coefficient (Wildman–Crippen LogP) is 0.714. The second-order valence-corrected chi connectivity index (χ2v) is 5.65. The molecule has 2 heterocycles. The van der Waals surface area contributed by atoms with Crippen LogP contribution in [0.4, 0.5) is 5.95 Å². The van der Waals surface area contributed by atoms with Gasteiger partial charge in [0.25, 0.3) is 5.91 Å². The summed E-state index contributed by atoms with van der Waals surface area (Å²) < 4.78 is 5.06. The number of amides is 1. The van der Waals surface area contributed by atoms with Gasteiger partial charge in [0.2, 0.25) is 5.95 Å². The third-order valence-electron chi connectivity index (χ3n) is 3.63. The van der Waals surface area contributed by atoms with E-state index in [4.69, 9.17) is 4.74 Å². The zero-order chi connectivity index (χ0) is 15.9. The molecule has 1 saturated heterocycles. The zero-order valence-electron chi connectivity index (χ0n) is 13.1. The minimum absolute atomic E-state index is 0.00764. The summed E-state index contributed by atoms with van der Waals surface area (Å²) in [6.07, 6.45) is 5.36. The SMILES string of the molecule is C[C@@H]1CCCN(C(=O)COC(=O)CN(C)c2ncccn2)C1. The first-order chi connectivity index (χ1) is 10.6. The number of piperidine rings is 1. The molecule has 0 radical (unpaired) electrons. The van der Waals surface area contributed by atoms with Crippen LogP contribution in [0.3, 0.4) is 0 Å². The molecule has 0 saturated carbocycles. The van der Waals surface area contributed by atoms with Gasteiger partial charge in [-0.2, -0.15) is 0 Å². The molecule has 0 unspecified atom stereocenters. The van der Waals surface area contributed by atoms with Crippen molar-refractivity contribution in [1.82, 2.24) is 14.9 Å². The Labute approximate surface area is 130 Å². The number of nitrogens with zero attached hydrogens (tertiary/aromatic N) is 4. The van der Waals surface area contributed by atoms with Gasteiger partial charge in [-0.25, -0.2) is 9.97 Å². The second-order valence-electron chi connectivity index (χ2n) is 5.65. The summed E-state index contributed by atoms with van der Waals surface area (Å²) in [6, 6.07) is 1.70. The summed E-state index contributed by atoms with van der Waals surface area (Å²) in [7, 11) is 1.70. The van der Waals surface area contributed by atoms with Gasteiger partial charge < -0.3 is 14.5 Å². The van der Waals surface area contributed by atoms with Crippen LogP contribution in [0.2, 0.25) is 0 Å². The topological polar surface area (TPSA) is 75.6 Å². The van der Waals surface area contributed by atoms with Crippen LogP contribution in [-0.2, 0) is 14.3 Å². The van der Waals surface area contributed by atoms with E-state index in [1.807, 2.05) is 0 Å². The largest absolute Gasteiger partial charge is 0.454 e. The van der Waals surface area contributed by atoms with Crippen molar-refractivity contribution in [3.05, 3.63) is 18.5 Å². The quantitative estimate of drug-likeness (QED) is 0.746. The summed E-state index contributed by atoms with van der Waals surface area (Å²) in [5.74, 6) is 0.359. The number of esters is 1. The molecule has 0 N–H and O–H groups in total. The molecule has 1 aliphatic heterocycles. The van der Waals surface area contributed by atoms with Crippen molar-refractivity contribution < 1.29 is 14.3 Å². The number of rotatable bonds is 5. The number of likely N-dealkylation sites (tertiary alicyclic amines) is 1. The molecule has 1 atom stereocenters. The van der Waals surface area contributed by atoms with Gasteiger partial charge in [0.05, 0.1) is 0 Å². The number of anilines is 1. The molecule has 7 nitrogen and oxygen atoms in total. The standard InChI is InChI=1S/C15H22N4O3/c1-12-5-3-8-19(9-12)13(20)11-22-14(21)10-18(2)15-16-6-4-7-17-15/h4,6-7,12H,3,5,8-11H2,1-2H3/t12-/m1/s1. The smallest absolute Gasteiger partial charge is 0.326 e. The molecule has 0 spiro atoms. The van der Waals surface area contributed by atoms with Crippen LogP contribution in [-0.4, -0.2) is 60.0 Å². The van der Waals surface area contributed by atoms with E-state index in [-0.39, 0.29) is 19.1 Å². The molecule has 120 valence electrons.